The summed E-state index contributed by atoms with van der Waals surface area (Å²) in [7, 11) is -3.40. The summed E-state index contributed by atoms with van der Waals surface area (Å²) in [5.41, 5.74) is 0. The van der Waals surface area contributed by atoms with Gasteiger partial charge in [0.15, 0.2) is 9.84 Å². The third kappa shape index (κ3) is 2.21. The number of hydrogen-bond acceptors (Lipinski definition) is 3. The molecule has 0 aliphatic rings. The van der Waals surface area contributed by atoms with Crippen molar-refractivity contribution in [3.8, 4) is 0 Å². The number of hydrogen-bond donors (Lipinski definition) is 1. The van der Waals surface area contributed by atoms with Crippen LogP contribution < -0.4 is 0 Å². The maximum absolute atomic E-state index is 10.8. The minimum absolute atomic E-state index is 0.985. The minimum atomic E-state index is -3.40. The zero-order chi connectivity index (χ0) is 8.58. The molecule has 0 saturated carbocycles. The van der Waals surface area contributed by atoms with Gasteiger partial charge in [-0.1, -0.05) is 11.6 Å². The van der Waals surface area contributed by atoms with Crippen molar-refractivity contribution >= 4 is 44.0 Å². The summed E-state index contributed by atoms with van der Waals surface area (Å²) >= 11 is 7.00. The fraction of sp³-hybridized carbons (Fsp3) is 1.00. The molecule has 0 radical (unpaired) electrons. The van der Waals surface area contributed by atoms with E-state index in [-0.39, 0.29) is 0 Å². The Labute approximate surface area is 78.8 Å². The molecule has 0 aromatic carbocycles. The predicted molar refractivity (Wildman–Crippen MR) is 49.1 cm³/mol. The predicted octanol–water partition coefficient (Wildman–Crippen LogP) is 0.739. The number of sulfone groups is 1. The molecule has 2 atom stereocenters. The Hall–Kier alpha value is 0.930. The van der Waals surface area contributed by atoms with E-state index in [1.807, 2.05) is 0 Å². The summed E-state index contributed by atoms with van der Waals surface area (Å²) < 4.78 is 20.0. The summed E-state index contributed by atoms with van der Waals surface area (Å²) in [5.74, 6) is 0. The molecular weight excluding hydrogens is 290 g/mol. The van der Waals surface area contributed by atoms with Gasteiger partial charge in [-0.05, 0) is 29.5 Å². The molecule has 0 aliphatic carbocycles. The van der Waals surface area contributed by atoms with Crippen LogP contribution in [0.15, 0.2) is 0 Å². The van der Waals surface area contributed by atoms with Gasteiger partial charge in [-0.3, -0.25) is 0 Å². The summed E-state index contributed by atoms with van der Waals surface area (Å²) in [6.07, 6.45) is -0.0936. The SMILES string of the molecule is CC(O)C(Cl)(I)S(C)(=O)=O. The molecule has 1 N–H and O–H groups in total. The van der Waals surface area contributed by atoms with E-state index in [0.29, 0.717) is 0 Å². The molecule has 0 fully saturated rings. The van der Waals surface area contributed by atoms with Crippen LogP contribution in [0.5, 0.6) is 0 Å². The van der Waals surface area contributed by atoms with Crippen LogP contribution in [0.25, 0.3) is 0 Å². The maximum Gasteiger partial charge on any atom is 0.220 e. The number of aliphatic hydroxyl groups is 1. The third-order valence-corrected chi connectivity index (χ3v) is 6.77. The quantitative estimate of drug-likeness (QED) is 0.604. The van der Waals surface area contributed by atoms with Gasteiger partial charge in [0.1, 0.15) is 0 Å². The molecule has 0 heterocycles. The molecule has 62 valence electrons. The second kappa shape index (κ2) is 3.12. The van der Waals surface area contributed by atoms with Crippen LogP contribution in [0.4, 0.5) is 0 Å². The highest BCUT2D eigenvalue weighted by Gasteiger charge is 2.40. The standard InChI is InChI=1S/C4H8ClIO3S/c1-3(7)4(5,6)10(2,8)9/h3,7H,1-2H3. The fourth-order valence-corrected chi connectivity index (χ4v) is 0.929. The first-order valence-corrected chi connectivity index (χ1v) is 5.80. The monoisotopic (exact) mass is 298 g/mol. The lowest BCUT2D eigenvalue weighted by Crippen LogP contribution is -2.35. The van der Waals surface area contributed by atoms with Crippen LogP contribution in [-0.2, 0) is 9.84 Å². The number of aliphatic hydroxyl groups excluding tert-OH is 1. The van der Waals surface area contributed by atoms with Gasteiger partial charge in [-0.15, -0.1) is 0 Å². The first kappa shape index (κ1) is 10.9. The third-order valence-electron chi connectivity index (χ3n) is 0.981. The van der Waals surface area contributed by atoms with Gasteiger partial charge in [-0.25, -0.2) is 8.42 Å². The second-order valence-electron chi connectivity index (χ2n) is 2.01. The van der Waals surface area contributed by atoms with Gasteiger partial charge in [0.25, 0.3) is 0 Å². The average molecular weight is 299 g/mol. The molecule has 2 unspecified atom stereocenters. The van der Waals surface area contributed by atoms with Crippen molar-refractivity contribution in [2.75, 3.05) is 6.26 Å². The molecule has 0 saturated heterocycles. The van der Waals surface area contributed by atoms with E-state index in [9.17, 15) is 8.42 Å². The summed E-state index contributed by atoms with van der Waals surface area (Å²) in [4.78, 5) is 0. The van der Waals surface area contributed by atoms with E-state index < -0.39 is 18.2 Å². The van der Waals surface area contributed by atoms with Crippen LogP contribution >= 0.6 is 34.2 Å². The highest BCUT2D eigenvalue weighted by Crippen LogP contribution is 2.33. The molecule has 0 rings (SSSR count). The molecule has 0 bridgehead atoms. The Bertz CT molecular complexity index is 209. The van der Waals surface area contributed by atoms with Crippen molar-refractivity contribution in [1.29, 1.82) is 0 Å². The summed E-state index contributed by atoms with van der Waals surface area (Å²) in [5, 5.41) is 8.90. The smallest absolute Gasteiger partial charge is 0.220 e. The molecule has 3 nitrogen and oxygen atoms in total. The lowest BCUT2D eigenvalue weighted by atomic mass is 10.5. The highest BCUT2D eigenvalue weighted by molar-refractivity contribution is 14.1. The van der Waals surface area contributed by atoms with Crippen LogP contribution in [0, 0.1) is 0 Å². The van der Waals surface area contributed by atoms with Crippen LogP contribution in [0.3, 0.4) is 0 Å². The maximum atomic E-state index is 10.8. The van der Waals surface area contributed by atoms with Crippen LogP contribution in [0.2, 0.25) is 0 Å². The molecule has 0 aromatic rings. The number of rotatable bonds is 2. The highest BCUT2D eigenvalue weighted by atomic mass is 127. The normalized spacial score (nSPS) is 21.7. The molecule has 0 amide bonds. The lowest BCUT2D eigenvalue weighted by Gasteiger charge is -2.20. The average Bonchev–Trinajstić information content (AvgIpc) is 1.62. The molecule has 6 heteroatoms. The van der Waals surface area contributed by atoms with E-state index in [2.05, 4.69) is 0 Å². The van der Waals surface area contributed by atoms with Crippen molar-refractivity contribution in [3.05, 3.63) is 0 Å². The topological polar surface area (TPSA) is 54.4 Å². The number of halogens is 2. The minimum Gasteiger partial charge on any atom is -0.390 e. The Balaban J connectivity index is 4.76. The first-order chi connectivity index (χ1) is 4.19. The van der Waals surface area contributed by atoms with Crippen molar-refractivity contribution in [2.45, 2.75) is 15.2 Å². The largest absolute Gasteiger partial charge is 0.390 e. The lowest BCUT2D eigenvalue weighted by molar-refractivity contribution is 0.204. The Morgan fingerprint density at radius 3 is 2.00 bits per heavy atom. The van der Waals surface area contributed by atoms with E-state index >= 15 is 0 Å². The van der Waals surface area contributed by atoms with Crippen LogP contribution in [0.1, 0.15) is 6.92 Å². The van der Waals surface area contributed by atoms with Gasteiger partial charge >= 0.3 is 0 Å². The number of alkyl halides is 2. The Morgan fingerprint density at radius 1 is 1.70 bits per heavy atom. The van der Waals surface area contributed by atoms with Gasteiger partial charge in [0.05, 0.1) is 6.10 Å². The molecular formula is C4H8ClIO3S. The summed E-state index contributed by atoms with van der Waals surface area (Å²) in [6, 6.07) is 0. The van der Waals surface area contributed by atoms with E-state index in [4.69, 9.17) is 16.7 Å². The first-order valence-electron chi connectivity index (χ1n) is 2.45. The summed E-state index contributed by atoms with van der Waals surface area (Å²) in [6.45, 7) is 1.33. The van der Waals surface area contributed by atoms with Crippen molar-refractivity contribution in [1.82, 2.24) is 0 Å². The molecule has 0 aromatic heterocycles. The zero-order valence-corrected chi connectivity index (χ0v) is 9.24. The second-order valence-corrected chi connectivity index (χ2v) is 8.09. The molecule has 10 heavy (non-hydrogen) atoms. The van der Waals surface area contributed by atoms with Crippen molar-refractivity contribution in [3.63, 3.8) is 0 Å². The van der Waals surface area contributed by atoms with E-state index in [1.54, 1.807) is 0 Å². The van der Waals surface area contributed by atoms with Gasteiger partial charge in [0, 0.05) is 6.26 Å². The van der Waals surface area contributed by atoms with Crippen molar-refractivity contribution < 1.29 is 13.5 Å². The van der Waals surface area contributed by atoms with Crippen molar-refractivity contribution in [2.24, 2.45) is 0 Å². The van der Waals surface area contributed by atoms with Crippen LogP contribution in [-0.4, -0.2) is 28.1 Å². The zero-order valence-electron chi connectivity index (χ0n) is 5.51. The molecule has 0 spiro atoms. The van der Waals surface area contributed by atoms with Gasteiger partial charge < -0.3 is 5.11 Å². The Kier molecular flexibility index (Phi) is 3.41. The van der Waals surface area contributed by atoms with E-state index in [0.717, 1.165) is 6.26 Å². The molecule has 0 aliphatic heterocycles. The fourth-order valence-electron chi connectivity index (χ4n) is 0.310. The van der Waals surface area contributed by atoms with Gasteiger partial charge in [0.2, 0.25) is 2.21 Å². The van der Waals surface area contributed by atoms with Gasteiger partial charge in [-0.2, -0.15) is 0 Å². The Morgan fingerprint density at radius 2 is 2.00 bits per heavy atom. The van der Waals surface area contributed by atoms with E-state index in [1.165, 1.54) is 29.5 Å².